The summed E-state index contributed by atoms with van der Waals surface area (Å²) in [5.41, 5.74) is -0.442. The number of aliphatic hydroxyl groups is 2. The first-order valence-electron chi connectivity index (χ1n) is 12.3. The maximum atomic E-state index is 13.5. The number of rotatable bonds is 3. The van der Waals surface area contributed by atoms with Crippen LogP contribution in [0, 0.1) is 28.6 Å². The second-order valence-electron chi connectivity index (χ2n) is 11.2. The molecular formula is C28H35NO4. The molecule has 1 aromatic rings. The van der Waals surface area contributed by atoms with Gasteiger partial charge in [0.15, 0.2) is 5.78 Å². The molecule has 5 heteroatoms. The molecule has 0 bridgehead atoms. The van der Waals surface area contributed by atoms with Crippen molar-refractivity contribution >= 4 is 11.7 Å². The third kappa shape index (κ3) is 3.19. The van der Waals surface area contributed by atoms with E-state index in [-0.39, 0.29) is 40.9 Å². The number of hydrogen-bond donors (Lipinski definition) is 3. The molecular weight excluding hydrogens is 414 g/mol. The smallest absolute Gasteiger partial charge is 0.253 e. The fourth-order valence-electron chi connectivity index (χ4n) is 7.84. The van der Waals surface area contributed by atoms with Gasteiger partial charge in [0.05, 0.1) is 12.1 Å². The van der Waals surface area contributed by atoms with Crippen LogP contribution < -0.4 is 5.32 Å². The summed E-state index contributed by atoms with van der Waals surface area (Å²) in [7, 11) is 0. The summed E-state index contributed by atoms with van der Waals surface area (Å²) < 4.78 is 0. The maximum Gasteiger partial charge on any atom is 0.253 e. The highest BCUT2D eigenvalue weighted by atomic mass is 16.3. The molecule has 4 aliphatic rings. The first-order valence-corrected chi connectivity index (χ1v) is 12.3. The van der Waals surface area contributed by atoms with Gasteiger partial charge in [-0.25, -0.2) is 0 Å². The fourth-order valence-corrected chi connectivity index (χ4v) is 7.84. The van der Waals surface area contributed by atoms with E-state index >= 15 is 0 Å². The van der Waals surface area contributed by atoms with Gasteiger partial charge in [0.2, 0.25) is 0 Å². The molecule has 0 aromatic heterocycles. The van der Waals surface area contributed by atoms with Crippen molar-refractivity contribution < 1.29 is 19.8 Å². The van der Waals surface area contributed by atoms with E-state index in [1.54, 1.807) is 12.2 Å². The Labute approximate surface area is 196 Å². The average molecular weight is 450 g/mol. The molecule has 0 saturated heterocycles. The van der Waals surface area contributed by atoms with Gasteiger partial charge in [-0.15, -0.1) is 0 Å². The second kappa shape index (κ2) is 7.64. The molecule has 4 aliphatic carbocycles. The monoisotopic (exact) mass is 449 g/mol. The fraction of sp³-hybridized carbons (Fsp3) is 0.571. The van der Waals surface area contributed by atoms with E-state index in [2.05, 4.69) is 12.2 Å². The van der Waals surface area contributed by atoms with Crippen molar-refractivity contribution in [1.82, 2.24) is 5.32 Å². The minimum absolute atomic E-state index is 0.00595. The van der Waals surface area contributed by atoms with Gasteiger partial charge in [0.25, 0.3) is 5.91 Å². The Morgan fingerprint density at radius 3 is 2.64 bits per heavy atom. The molecule has 1 amide bonds. The summed E-state index contributed by atoms with van der Waals surface area (Å²) in [4.78, 5) is 25.5. The third-order valence-corrected chi connectivity index (χ3v) is 9.67. The lowest BCUT2D eigenvalue weighted by Gasteiger charge is -2.59. The van der Waals surface area contributed by atoms with Crippen LogP contribution in [0.2, 0.25) is 0 Å². The van der Waals surface area contributed by atoms with Gasteiger partial charge < -0.3 is 15.5 Å². The van der Waals surface area contributed by atoms with Crippen LogP contribution in [0.3, 0.4) is 0 Å². The summed E-state index contributed by atoms with van der Waals surface area (Å²) in [6, 6.07) is 9.56. The van der Waals surface area contributed by atoms with Crippen LogP contribution in [0.4, 0.5) is 0 Å². The highest BCUT2D eigenvalue weighted by Gasteiger charge is 2.68. The normalized spacial score (nSPS) is 42.6. The van der Waals surface area contributed by atoms with Crippen LogP contribution in [0.1, 0.15) is 64.5 Å². The highest BCUT2D eigenvalue weighted by molar-refractivity contribution is 6.01. The van der Waals surface area contributed by atoms with Crippen LogP contribution in [0.25, 0.3) is 0 Å². The molecule has 0 aliphatic heterocycles. The van der Waals surface area contributed by atoms with Crippen molar-refractivity contribution in [3.63, 3.8) is 0 Å². The predicted octanol–water partition coefficient (Wildman–Crippen LogP) is 3.87. The van der Waals surface area contributed by atoms with Crippen LogP contribution >= 0.6 is 0 Å². The Balaban J connectivity index is 1.43. The van der Waals surface area contributed by atoms with Crippen molar-refractivity contribution in [1.29, 1.82) is 0 Å². The van der Waals surface area contributed by atoms with Gasteiger partial charge in [0.1, 0.15) is 5.60 Å². The summed E-state index contributed by atoms with van der Waals surface area (Å²) in [6.45, 7) is 6.08. The SMILES string of the molecule is C[C@H](NC(=O)[C@@]1(O)CCC2C3CCC4=CC(=O)C=CC4(C)C3C(O)CC21C)c1ccccc1. The van der Waals surface area contributed by atoms with Gasteiger partial charge >= 0.3 is 0 Å². The zero-order chi connectivity index (χ0) is 23.6. The molecule has 3 fully saturated rings. The second-order valence-corrected chi connectivity index (χ2v) is 11.2. The Bertz CT molecular complexity index is 1030. The average Bonchev–Trinajstić information content (AvgIpc) is 3.06. The van der Waals surface area contributed by atoms with Gasteiger partial charge in [-0.3, -0.25) is 9.59 Å². The molecule has 33 heavy (non-hydrogen) atoms. The number of aliphatic hydroxyl groups excluding tert-OH is 1. The van der Waals surface area contributed by atoms with Crippen molar-refractivity contribution in [3.05, 3.63) is 59.7 Å². The lowest BCUT2D eigenvalue weighted by molar-refractivity contribution is -0.178. The van der Waals surface area contributed by atoms with Gasteiger partial charge in [-0.05, 0) is 68.6 Å². The van der Waals surface area contributed by atoms with Crippen molar-refractivity contribution in [2.75, 3.05) is 0 Å². The zero-order valence-corrected chi connectivity index (χ0v) is 19.8. The maximum absolute atomic E-state index is 13.5. The minimum Gasteiger partial charge on any atom is -0.393 e. The summed E-state index contributed by atoms with van der Waals surface area (Å²) in [5.74, 6) is 0.0366. The molecule has 1 aromatic carbocycles. The van der Waals surface area contributed by atoms with Crippen LogP contribution in [-0.2, 0) is 9.59 Å². The van der Waals surface area contributed by atoms with E-state index in [4.69, 9.17) is 0 Å². The molecule has 3 N–H and O–H groups in total. The van der Waals surface area contributed by atoms with E-state index < -0.39 is 17.1 Å². The molecule has 0 spiro atoms. The molecule has 0 radical (unpaired) electrons. The predicted molar refractivity (Wildman–Crippen MR) is 126 cm³/mol. The Morgan fingerprint density at radius 2 is 1.91 bits per heavy atom. The van der Waals surface area contributed by atoms with E-state index in [0.717, 1.165) is 30.4 Å². The Morgan fingerprint density at radius 1 is 1.18 bits per heavy atom. The quantitative estimate of drug-likeness (QED) is 0.654. The number of carbonyl (C=O) groups is 2. The molecule has 6 unspecified atom stereocenters. The van der Waals surface area contributed by atoms with E-state index in [0.29, 0.717) is 12.8 Å². The zero-order valence-electron chi connectivity index (χ0n) is 19.8. The molecule has 8 atom stereocenters. The third-order valence-electron chi connectivity index (χ3n) is 9.67. The standard InChI is InChI=1S/C28H35NO4/c1-17(18-7-5-4-6-8-18)29-25(32)28(33)14-12-22-21-10-9-19-15-20(30)11-13-26(19,2)24(21)23(31)16-27(22,28)3/h4-8,11,13,15,17,21-24,31,33H,9-10,12,14,16H2,1-3H3,(H,29,32)/t17-,21?,22?,23?,24?,26?,27?,28-/m0/s1. The van der Waals surface area contributed by atoms with E-state index in [1.165, 1.54) is 0 Å². The highest BCUT2D eigenvalue weighted by Crippen LogP contribution is 2.67. The molecule has 5 nitrogen and oxygen atoms in total. The minimum atomic E-state index is -1.51. The van der Waals surface area contributed by atoms with E-state index in [9.17, 15) is 19.8 Å². The number of ketones is 1. The molecule has 0 heterocycles. The van der Waals surface area contributed by atoms with Crippen LogP contribution in [0.5, 0.6) is 0 Å². The number of nitrogens with one attached hydrogen (secondary N) is 1. The number of hydrogen-bond acceptors (Lipinski definition) is 4. The summed E-state index contributed by atoms with van der Waals surface area (Å²) >= 11 is 0. The van der Waals surface area contributed by atoms with Gasteiger partial charge in [-0.2, -0.15) is 0 Å². The van der Waals surface area contributed by atoms with Crippen molar-refractivity contribution in [3.8, 4) is 0 Å². The first-order chi connectivity index (χ1) is 15.6. The van der Waals surface area contributed by atoms with Crippen LogP contribution in [0.15, 0.2) is 54.1 Å². The largest absolute Gasteiger partial charge is 0.393 e. The molecule has 5 rings (SSSR count). The summed E-state index contributed by atoms with van der Waals surface area (Å²) in [6.07, 6.45) is 7.99. The van der Waals surface area contributed by atoms with Gasteiger partial charge in [0, 0.05) is 16.7 Å². The van der Waals surface area contributed by atoms with Crippen LogP contribution in [-0.4, -0.2) is 33.6 Å². The number of amides is 1. The molecule has 3 saturated carbocycles. The Hall–Kier alpha value is -2.24. The number of benzene rings is 1. The van der Waals surface area contributed by atoms with Crippen molar-refractivity contribution in [2.24, 2.45) is 28.6 Å². The lowest BCUT2D eigenvalue weighted by atomic mass is 9.46. The lowest BCUT2D eigenvalue weighted by Crippen LogP contribution is -2.63. The summed E-state index contributed by atoms with van der Waals surface area (Å²) in [5, 5.41) is 26.4. The molecule has 176 valence electrons. The Kier molecular flexibility index (Phi) is 5.22. The first kappa shape index (κ1) is 22.5. The van der Waals surface area contributed by atoms with Gasteiger partial charge in [-0.1, -0.05) is 55.8 Å². The number of fused-ring (bicyclic) bond motifs is 5. The van der Waals surface area contributed by atoms with Crippen molar-refractivity contribution in [2.45, 2.75) is 70.6 Å². The van der Waals surface area contributed by atoms with E-state index in [1.807, 2.05) is 50.3 Å². The number of allylic oxidation sites excluding steroid dienone is 4. The number of carbonyl (C=O) groups excluding carboxylic acids is 2. The topological polar surface area (TPSA) is 86.6 Å².